The molecule has 0 aliphatic carbocycles. The third kappa shape index (κ3) is 2.62. The molecule has 0 unspecified atom stereocenters. The molecule has 62 valence electrons. The first-order valence-electron chi connectivity index (χ1n) is 3.69. The zero-order chi connectivity index (χ0) is 8.48. The van der Waals surface area contributed by atoms with Crippen LogP contribution in [0.1, 0.15) is 26.5 Å². The Hall–Kier alpha value is -0.990. The Bertz CT molecular complexity index is 234. The van der Waals surface area contributed by atoms with Gasteiger partial charge in [-0.1, -0.05) is 5.16 Å². The molecule has 0 atom stereocenters. The van der Waals surface area contributed by atoms with E-state index in [0.717, 1.165) is 11.6 Å². The molecule has 0 aliphatic heterocycles. The average Bonchev–Trinajstić information content (AvgIpc) is 2.10. The van der Waals surface area contributed by atoms with Crippen LogP contribution in [0.25, 0.3) is 0 Å². The van der Waals surface area contributed by atoms with E-state index in [2.05, 4.69) is 31.2 Å². The molecule has 1 rings (SSSR count). The van der Waals surface area contributed by atoms with Crippen molar-refractivity contribution < 1.29 is 4.52 Å². The van der Waals surface area contributed by atoms with Crippen molar-refractivity contribution in [1.29, 1.82) is 0 Å². The van der Waals surface area contributed by atoms with Crippen LogP contribution in [0.15, 0.2) is 10.6 Å². The van der Waals surface area contributed by atoms with Gasteiger partial charge in [-0.25, -0.2) is 0 Å². The molecule has 1 N–H and O–H groups in total. The van der Waals surface area contributed by atoms with Crippen molar-refractivity contribution >= 4 is 5.88 Å². The molecule has 0 aliphatic rings. The van der Waals surface area contributed by atoms with Crippen LogP contribution in [0, 0.1) is 6.92 Å². The first-order chi connectivity index (χ1) is 4.97. The Morgan fingerprint density at radius 2 is 2.09 bits per heavy atom. The summed E-state index contributed by atoms with van der Waals surface area (Å²) in [5.74, 6) is 0.731. The summed E-state index contributed by atoms with van der Waals surface area (Å²) in [6.07, 6.45) is 0. The minimum absolute atomic E-state index is 0.0337. The monoisotopic (exact) mass is 154 g/mol. The molecule has 1 aromatic rings. The first-order valence-corrected chi connectivity index (χ1v) is 3.69. The summed E-state index contributed by atoms with van der Waals surface area (Å²) >= 11 is 0. The van der Waals surface area contributed by atoms with E-state index in [1.54, 1.807) is 0 Å². The van der Waals surface area contributed by atoms with E-state index in [0.29, 0.717) is 0 Å². The Kier molecular flexibility index (Phi) is 1.89. The van der Waals surface area contributed by atoms with Crippen molar-refractivity contribution in [3.63, 3.8) is 0 Å². The van der Waals surface area contributed by atoms with Gasteiger partial charge in [0, 0.05) is 11.6 Å². The third-order valence-corrected chi connectivity index (χ3v) is 1.13. The molecule has 0 saturated carbocycles. The number of nitrogens with one attached hydrogen (secondary N) is 1. The predicted octanol–water partition coefficient (Wildman–Crippen LogP) is 2.19. The second kappa shape index (κ2) is 2.57. The topological polar surface area (TPSA) is 38.1 Å². The van der Waals surface area contributed by atoms with Gasteiger partial charge in [0.1, 0.15) is 0 Å². The van der Waals surface area contributed by atoms with Crippen LogP contribution < -0.4 is 5.32 Å². The lowest BCUT2D eigenvalue weighted by Gasteiger charge is -2.18. The maximum Gasteiger partial charge on any atom is 0.225 e. The summed E-state index contributed by atoms with van der Waals surface area (Å²) in [5, 5.41) is 6.94. The molecule has 1 heterocycles. The number of aryl methyl sites for hydroxylation is 1. The number of nitrogens with zero attached hydrogens (tertiary/aromatic N) is 1. The zero-order valence-corrected chi connectivity index (χ0v) is 7.43. The molecule has 0 bridgehead atoms. The van der Waals surface area contributed by atoms with Gasteiger partial charge in [0.25, 0.3) is 0 Å². The lowest BCUT2D eigenvalue weighted by Crippen LogP contribution is -2.25. The van der Waals surface area contributed by atoms with Crippen molar-refractivity contribution in [2.24, 2.45) is 0 Å². The van der Waals surface area contributed by atoms with Gasteiger partial charge in [0.15, 0.2) is 0 Å². The van der Waals surface area contributed by atoms with Gasteiger partial charge >= 0.3 is 0 Å². The van der Waals surface area contributed by atoms with E-state index >= 15 is 0 Å². The molecule has 3 nitrogen and oxygen atoms in total. The van der Waals surface area contributed by atoms with Gasteiger partial charge in [-0.3, -0.25) is 0 Å². The first kappa shape index (κ1) is 8.11. The third-order valence-electron chi connectivity index (χ3n) is 1.13. The van der Waals surface area contributed by atoms with Gasteiger partial charge in [0.05, 0.1) is 5.69 Å². The summed E-state index contributed by atoms with van der Waals surface area (Å²) < 4.78 is 4.98. The Morgan fingerprint density at radius 3 is 2.45 bits per heavy atom. The van der Waals surface area contributed by atoms with Gasteiger partial charge in [0.2, 0.25) is 5.88 Å². The second-order valence-corrected chi connectivity index (χ2v) is 3.71. The second-order valence-electron chi connectivity index (χ2n) is 3.71. The fraction of sp³-hybridized carbons (Fsp3) is 0.625. The molecule has 1 aromatic heterocycles. The highest BCUT2D eigenvalue weighted by atomic mass is 16.5. The molecule has 0 amide bonds. The van der Waals surface area contributed by atoms with Crippen molar-refractivity contribution in [2.45, 2.75) is 33.2 Å². The van der Waals surface area contributed by atoms with E-state index in [1.807, 2.05) is 13.0 Å². The van der Waals surface area contributed by atoms with E-state index in [4.69, 9.17) is 4.52 Å². The highest BCUT2D eigenvalue weighted by Crippen LogP contribution is 2.14. The normalized spacial score (nSPS) is 11.6. The summed E-state index contributed by atoms with van der Waals surface area (Å²) in [5.41, 5.74) is 0.933. The van der Waals surface area contributed by atoms with E-state index in [9.17, 15) is 0 Å². The molecule has 11 heavy (non-hydrogen) atoms. The van der Waals surface area contributed by atoms with E-state index in [1.165, 1.54) is 0 Å². The van der Waals surface area contributed by atoms with Crippen LogP contribution >= 0.6 is 0 Å². The van der Waals surface area contributed by atoms with Crippen molar-refractivity contribution in [3.8, 4) is 0 Å². The van der Waals surface area contributed by atoms with E-state index < -0.39 is 0 Å². The van der Waals surface area contributed by atoms with Crippen LogP contribution in [0.2, 0.25) is 0 Å². The fourth-order valence-electron chi connectivity index (χ4n) is 0.792. The molecule has 0 fully saturated rings. The lowest BCUT2D eigenvalue weighted by atomic mass is 10.1. The molecular weight excluding hydrogens is 140 g/mol. The van der Waals surface area contributed by atoms with Gasteiger partial charge in [-0.15, -0.1) is 0 Å². The molecule has 0 saturated heterocycles. The predicted molar refractivity (Wildman–Crippen MR) is 44.6 cm³/mol. The Labute approximate surface area is 66.8 Å². The molecule has 3 heteroatoms. The van der Waals surface area contributed by atoms with E-state index in [-0.39, 0.29) is 5.54 Å². The van der Waals surface area contributed by atoms with Crippen LogP contribution in [-0.4, -0.2) is 10.7 Å². The smallest absolute Gasteiger partial charge is 0.225 e. The van der Waals surface area contributed by atoms with Crippen molar-refractivity contribution in [1.82, 2.24) is 5.16 Å². The van der Waals surface area contributed by atoms with Crippen LogP contribution in [0.3, 0.4) is 0 Å². The maximum absolute atomic E-state index is 4.98. The zero-order valence-electron chi connectivity index (χ0n) is 7.43. The Balaban J connectivity index is 2.65. The quantitative estimate of drug-likeness (QED) is 0.673. The highest BCUT2D eigenvalue weighted by Gasteiger charge is 2.11. The standard InChI is InChI=1S/C8H14N2O/c1-6-5-7(11-10-6)9-8(2,3)4/h5,9H,1-4H3. The minimum atomic E-state index is 0.0337. The molecule has 0 radical (unpaired) electrons. The van der Waals surface area contributed by atoms with Crippen molar-refractivity contribution in [2.75, 3.05) is 5.32 Å². The number of hydrogen-bond acceptors (Lipinski definition) is 3. The number of hydrogen-bond donors (Lipinski definition) is 1. The Morgan fingerprint density at radius 1 is 1.45 bits per heavy atom. The van der Waals surface area contributed by atoms with Gasteiger partial charge in [-0.2, -0.15) is 0 Å². The summed E-state index contributed by atoms with van der Waals surface area (Å²) in [6.45, 7) is 8.12. The molecule has 0 spiro atoms. The maximum atomic E-state index is 4.98. The number of aromatic nitrogens is 1. The summed E-state index contributed by atoms with van der Waals surface area (Å²) in [6, 6.07) is 1.88. The van der Waals surface area contributed by atoms with Gasteiger partial charge in [-0.05, 0) is 27.7 Å². The SMILES string of the molecule is Cc1cc(NC(C)(C)C)on1. The van der Waals surface area contributed by atoms with Crippen LogP contribution in [-0.2, 0) is 0 Å². The highest BCUT2D eigenvalue weighted by molar-refractivity contribution is 5.33. The van der Waals surface area contributed by atoms with Crippen LogP contribution in [0.5, 0.6) is 0 Å². The molecular formula is C8H14N2O. The summed E-state index contributed by atoms with van der Waals surface area (Å²) in [4.78, 5) is 0. The average molecular weight is 154 g/mol. The van der Waals surface area contributed by atoms with Crippen LogP contribution in [0.4, 0.5) is 5.88 Å². The summed E-state index contributed by atoms with van der Waals surface area (Å²) in [7, 11) is 0. The lowest BCUT2D eigenvalue weighted by molar-refractivity contribution is 0.416. The fourth-order valence-corrected chi connectivity index (χ4v) is 0.792. The largest absolute Gasteiger partial charge is 0.349 e. The van der Waals surface area contributed by atoms with Crippen molar-refractivity contribution in [3.05, 3.63) is 11.8 Å². The number of anilines is 1. The number of rotatable bonds is 1. The van der Waals surface area contributed by atoms with Gasteiger partial charge < -0.3 is 9.84 Å². The minimum Gasteiger partial charge on any atom is -0.349 e. The molecule has 0 aromatic carbocycles.